The summed E-state index contributed by atoms with van der Waals surface area (Å²) in [6.45, 7) is 0. The van der Waals surface area contributed by atoms with E-state index in [0.717, 1.165) is 17.0 Å². The molecule has 1 aliphatic heterocycles. The predicted octanol–water partition coefficient (Wildman–Crippen LogP) is 1.29. The van der Waals surface area contributed by atoms with Crippen LogP contribution in [0.3, 0.4) is 0 Å². The minimum atomic E-state index is -0.968. The molecule has 0 fully saturated rings. The number of aromatic nitrogens is 1. The van der Waals surface area contributed by atoms with Crippen LogP contribution in [-0.4, -0.2) is 30.4 Å². The number of hydrogen-bond donors (Lipinski definition) is 1. The van der Waals surface area contributed by atoms with Crippen molar-refractivity contribution in [1.29, 1.82) is 0 Å². The van der Waals surface area contributed by atoms with Gasteiger partial charge in [0.1, 0.15) is 10.9 Å². The lowest BCUT2D eigenvalue weighted by atomic mass is 9.70. The first-order valence-corrected chi connectivity index (χ1v) is 6.38. The monoisotopic (exact) mass is 287 g/mol. The van der Waals surface area contributed by atoms with Crippen molar-refractivity contribution in [2.45, 2.75) is 0 Å². The Labute approximate surface area is 121 Å². The molecule has 20 heavy (non-hydrogen) atoms. The van der Waals surface area contributed by atoms with Gasteiger partial charge in [0.2, 0.25) is 0 Å². The zero-order chi connectivity index (χ0) is 14.1. The molecule has 0 bridgehead atoms. The molecule has 0 spiro atoms. The van der Waals surface area contributed by atoms with Crippen molar-refractivity contribution in [2.75, 3.05) is 12.0 Å². The Morgan fingerprint density at radius 3 is 2.70 bits per heavy atom. The molecule has 0 radical (unpaired) electrons. The topological polar surface area (TPSA) is 58.0 Å². The van der Waals surface area contributed by atoms with Gasteiger partial charge >= 0.3 is 7.05 Å². The normalized spacial score (nSPS) is 13.3. The number of rotatable bonds is 2. The minimum Gasteiger partial charge on any atom is -0.497 e. The summed E-state index contributed by atoms with van der Waals surface area (Å²) in [5.41, 5.74) is 2.06. The van der Waals surface area contributed by atoms with Gasteiger partial charge in [0.25, 0.3) is 0 Å². The van der Waals surface area contributed by atoms with Crippen LogP contribution in [0.4, 0.5) is 5.69 Å². The molecule has 1 aliphatic rings. The van der Waals surface area contributed by atoms with Crippen LogP contribution in [-0.2, 0) is 0 Å². The summed E-state index contributed by atoms with van der Waals surface area (Å²) >= 11 is 6.06. The SMILES string of the molecule is COc1ccc(N2N=Cc3ccnc(Cl)c3B2O)cc1. The number of hydrazone groups is 1. The number of pyridine rings is 1. The molecule has 1 aromatic heterocycles. The van der Waals surface area contributed by atoms with Crippen molar-refractivity contribution in [3.05, 3.63) is 47.2 Å². The number of ether oxygens (including phenoxy) is 1. The largest absolute Gasteiger partial charge is 0.497 e. The molecule has 1 N–H and O–H groups in total. The number of halogens is 1. The van der Waals surface area contributed by atoms with E-state index in [-0.39, 0.29) is 5.15 Å². The van der Waals surface area contributed by atoms with Crippen LogP contribution in [0, 0.1) is 0 Å². The highest BCUT2D eigenvalue weighted by molar-refractivity contribution is 6.74. The molecule has 2 aromatic rings. The zero-order valence-corrected chi connectivity index (χ0v) is 11.4. The molecule has 7 heteroatoms. The van der Waals surface area contributed by atoms with Gasteiger partial charge < -0.3 is 9.76 Å². The molecule has 100 valence electrons. The summed E-state index contributed by atoms with van der Waals surface area (Å²) in [5.74, 6) is 0.740. The van der Waals surface area contributed by atoms with Gasteiger partial charge in [0.15, 0.2) is 0 Å². The Morgan fingerprint density at radius 1 is 1.25 bits per heavy atom. The van der Waals surface area contributed by atoms with Gasteiger partial charge in [0, 0.05) is 17.3 Å². The van der Waals surface area contributed by atoms with E-state index in [2.05, 4.69) is 10.1 Å². The maximum Gasteiger partial charge on any atom is 0.474 e. The van der Waals surface area contributed by atoms with Gasteiger partial charge in [-0.2, -0.15) is 5.10 Å². The Balaban J connectivity index is 1.99. The van der Waals surface area contributed by atoms with Gasteiger partial charge in [-0.05, 0) is 35.9 Å². The zero-order valence-electron chi connectivity index (χ0n) is 10.7. The molecule has 0 aliphatic carbocycles. The van der Waals surface area contributed by atoms with E-state index >= 15 is 0 Å². The molecule has 0 unspecified atom stereocenters. The summed E-state index contributed by atoms with van der Waals surface area (Å²) < 4.78 is 5.11. The van der Waals surface area contributed by atoms with Crippen molar-refractivity contribution in [3.8, 4) is 5.75 Å². The number of methoxy groups -OCH3 is 1. The van der Waals surface area contributed by atoms with E-state index in [1.165, 1.54) is 4.92 Å². The summed E-state index contributed by atoms with van der Waals surface area (Å²) in [5, 5.41) is 15.0. The Bertz CT molecular complexity index is 663. The number of benzene rings is 1. The summed E-state index contributed by atoms with van der Waals surface area (Å²) in [4.78, 5) is 5.48. The average Bonchev–Trinajstić information content (AvgIpc) is 2.48. The number of hydrogen-bond acceptors (Lipinski definition) is 5. The molecule has 0 atom stereocenters. The molecule has 0 saturated carbocycles. The third kappa shape index (κ3) is 2.13. The second-order valence-corrected chi connectivity index (χ2v) is 4.62. The van der Waals surface area contributed by atoms with E-state index in [9.17, 15) is 5.02 Å². The first-order valence-electron chi connectivity index (χ1n) is 6.00. The standard InChI is InChI=1S/C13H11BClN3O2/c1-20-11-4-2-10(3-5-11)18-14(19)12-9(8-17-18)6-7-16-13(12)15/h2-8,19H,1H3. The molecule has 0 amide bonds. The highest BCUT2D eigenvalue weighted by Gasteiger charge is 2.32. The molecule has 5 nitrogen and oxygen atoms in total. The minimum absolute atomic E-state index is 0.277. The number of fused-ring (bicyclic) bond motifs is 1. The average molecular weight is 288 g/mol. The van der Waals surface area contributed by atoms with E-state index in [1.54, 1.807) is 37.7 Å². The molecular formula is C13H11BClN3O2. The van der Waals surface area contributed by atoms with E-state index in [0.29, 0.717) is 5.46 Å². The summed E-state index contributed by atoms with van der Waals surface area (Å²) in [6.07, 6.45) is 3.24. The van der Waals surface area contributed by atoms with Crippen molar-refractivity contribution >= 4 is 36.0 Å². The maximum absolute atomic E-state index is 10.4. The molecule has 2 heterocycles. The fourth-order valence-corrected chi connectivity index (χ4v) is 2.35. The van der Waals surface area contributed by atoms with Gasteiger partial charge in [0.05, 0.1) is 13.3 Å². The van der Waals surface area contributed by atoms with Crippen molar-refractivity contribution in [3.63, 3.8) is 0 Å². The summed E-state index contributed by atoms with van der Waals surface area (Å²) in [6, 6.07) is 9.00. The molecular weight excluding hydrogens is 276 g/mol. The van der Waals surface area contributed by atoms with Crippen LogP contribution in [0.25, 0.3) is 0 Å². The predicted molar refractivity (Wildman–Crippen MR) is 79.9 cm³/mol. The lowest BCUT2D eigenvalue weighted by Crippen LogP contribution is -2.50. The first kappa shape index (κ1) is 13.0. The fourth-order valence-electron chi connectivity index (χ4n) is 2.08. The number of anilines is 1. The van der Waals surface area contributed by atoms with Crippen molar-refractivity contribution in [1.82, 2.24) is 4.98 Å². The van der Waals surface area contributed by atoms with E-state index in [4.69, 9.17) is 16.3 Å². The Morgan fingerprint density at radius 2 is 2.00 bits per heavy atom. The van der Waals surface area contributed by atoms with Crippen LogP contribution in [0.5, 0.6) is 5.75 Å². The highest BCUT2D eigenvalue weighted by Crippen LogP contribution is 2.22. The van der Waals surface area contributed by atoms with Gasteiger partial charge in [-0.3, -0.25) is 4.92 Å². The Hall–Kier alpha value is -2.05. The quantitative estimate of drug-likeness (QED) is 0.668. The third-order valence-corrected chi connectivity index (χ3v) is 3.42. The van der Waals surface area contributed by atoms with Gasteiger partial charge in [-0.25, -0.2) is 4.98 Å². The molecule has 3 rings (SSSR count). The van der Waals surface area contributed by atoms with Crippen molar-refractivity contribution < 1.29 is 9.76 Å². The molecule has 1 aromatic carbocycles. The van der Waals surface area contributed by atoms with Crippen molar-refractivity contribution in [2.24, 2.45) is 5.10 Å². The van der Waals surface area contributed by atoms with E-state index in [1.807, 2.05) is 12.1 Å². The van der Waals surface area contributed by atoms with Crippen LogP contribution in [0.2, 0.25) is 5.15 Å². The number of nitrogens with zero attached hydrogens (tertiary/aromatic N) is 3. The Kier molecular flexibility index (Phi) is 3.34. The summed E-state index contributed by atoms with van der Waals surface area (Å²) in [7, 11) is 0.634. The smallest absolute Gasteiger partial charge is 0.474 e. The second kappa shape index (κ2) is 5.15. The van der Waals surface area contributed by atoms with Gasteiger partial charge in [-0.15, -0.1) is 0 Å². The fraction of sp³-hybridized carbons (Fsp3) is 0.0769. The second-order valence-electron chi connectivity index (χ2n) is 4.27. The lowest BCUT2D eigenvalue weighted by Gasteiger charge is -2.26. The first-order chi connectivity index (χ1) is 9.70. The lowest BCUT2D eigenvalue weighted by molar-refractivity contribution is 0.415. The molecule has 0 saturated heterocycles. The van der Waals surface area contributed by atoms with Crippen LogP contribution >= 0.6 is 11.6 Å². The maximum atomic E-state index is 10.4. The van der Waals surface area contributed by atoms with Crippen LogP contribution in [0.15, 0.2) is 41.6 Å². The van der Waals surface area contributed by atoms with Crippen LogP contribution < -0.4 is 15.1 Å². The van der Waals surface area contributed by atoms with Gasteiger partial charge in [-0.1, -0.05) is 11.6 Å². The van der Waals surface area contributed by atoms with E-state index < -0.39 is 7.05 Å². The third-order valence-electron chi connectivity index (χ3n) is 3.12. The highest BCUT2D eigenvalue weighted by atomic mass is 35.5. The van der Waals surface area contributed by atoms with Crippen LogP contribution in [0.1, 0.15) is 5.56 Å².